The Morgan fingerprint density at radius 1 is 1.12 bits per heavy atom. The third-order valence-corrected chi connectivity index (χ3v) is 4.71. The highest BCUT2D eigenvalue weighted by Gasteiger charge is 2.22. The molecule has 0 atom stereocenters. The smallest absolute Gasteiger partial charge is 0.241 e. The van der Waals surface area contributed by atoms with Crippen LogP contribution in [0.3, 0.4) is 0 Å². The van der Waals surface area contributed by atoms with Crippen LogP contribution in [-0.2, 0) is 11.2 Å². The zero-order chi connectivity index (χ0) is 17.6. The lowest BCUT2D eigenvalue weighted by Gasteiger charge is -2.32. The average molecular weight is 338 g/mol. The minimum atomic E-state index is 0.126. The van der Waals surface area contributed by atoms with E-state index in [1.807, 2.05) is 24.8 Å². The highest BCUT2D eigenvalue weighted by atomic mass is 16.2. The largest absolute Gasteiger partial charge is 0.345 e. The second kappa shape index (κ2) is 8.10. The molecule has 1 aromatic carbocycles. The standard InChI is InChI=1S/C20H26N4O/c1-15-12-16(2)23-20(22-15)21-14-19(25)24-10-8-18(9-11-24)13-17-6-4-3-5-7-17/h3-7,12,18H,8-11,13-14H2,1-2H3,(H,21,22,23). The minimum Gasteiger partial charge on any atom is -0.345 e. The number of carbonyl (C=O) groups excluding carboxylic acids is 1. The number of likely N-dealkylation sites (tertiary alicyclic amines) is 1. The molecule has 1 aliphatic rings. The molecule has 0 radical (unpaired) electrons. The summed E-state index contributed by atoms with van der Waals surface area (Å²) >= 11 is 0. The van der Waals surface area contributed by atoms with Crippen LogP contribution in [0, 0.1) is 19.8 Å². The molecule has 0 aliphatic carbocycles. The van der Waals surface area contributed by atoms with Crippen LogP contribution in [0.2, 0.25) is 0 Å². The Morgan fingerprint density at radius 2 is 1.76 bits per heavy atom. The van der Waals surface area contributed by atoms with Crippen molar-refractivity contribution in [3.63, 3.8) is 0 Å². The Bertz CT molecular complexity index is 689. The predicted molar refractivity (Wildman–Crippen MR) is 99.4 cm³/mol. The Balaban J connectivity index is 1.45. The molecular formula is C20H26N4O. The maximum absolute atomic E-state index is 12.4. The summed E-state index contributed by atoms with van der Waals surface area (Å²) in [6.07, 6.45) is 3.25. The molecule has 1 fully saturated rings. The molecule has 0 unspecified atom stereocenters. The Morgan fingerprint density at radius 3 is 2.40 bits per heavy atom. The number of benzene rings is 1. The van der Waals surface area contributed by atoms with Crippen LogP contribution in [0.1, 0.15) is 29.8 Å². The molecule has 1 saturated heterocycles. The number of hydrogen-bond donors (Lipinski definition) is 1. The van der Waals surface area contributed by atoms with Gasteiger partial charge in [0.2, 0.25) is 11.9 Å². The number of aryl methyl sites for hydroxylation is 2. The third kappa shape index (κ3) is 5.02. The predicted octanol–water partition coefficient (Wildman–Crippen LogP) is 2.99. The van der Waals surface area contributed by atoms with Gasteiger partial charge in [-0.2, -0.15) is 0 Å². The van der Waals surface area contributed by atoms with Crippen molar-refractivity contribution in [2.75, 3.05) is 25.0 Å². The molecule has 2 heterocycles. The number of rotatable bonds is 5. The summed E-state index contributed by atoms with van der Waals surface area (Å²) in [6.45, 7) is 5.79. The van der Waals surface area contributed by atoms with E-state index < -0.39 is 0 Å². The maximum Gasteiger partial charge on any atom is 0.241 e. The van der Waals surface area contributed by atoms with Crippen LogP contribution in [0.5, 0.6) is 0 Å². The SMILES string of the molecule is Cc1cc(C)nc(NCC(=O)N2CCC(Cc3ccccc3)CC2)n1. The van der Waals surface area contributed by atoms with Crippen LogP contribution in [0.4, 0.5) is 5.95 Å². The molecule has 1 aromatic heterocycles. The van der Waals surface area contributed by atoms with Gasteiger partial charge in [-0.05, 0) is 50.7 Å². The summed E-state index contributed by atoms with van der Waals surface area (Å²) in [4.78, 5) is 23.0. The lowest BCUT2D eigenvalue weighted by atomic mass is 9.90. The summed E-state index contributed by atoms with van der Waals surface area (Å²) in [5.74, 6) is 1.33. The highest BCUT2D eigenvalue weighted by Crippen LogP contribution is 2.21. The van der Waals surface area contributed by atoms with E-state index in [4.69, 9.17) is 0 Å². The van der Waals surface area contributed by atoms with Gasteiger partial charge in [-0.1, -0.05) is 30.3 Å². The molecule has 5 heteroatoms. The average Bonchev–Trinajstić information content (AvgIpc) is 2.60. The van der Waals surface area contributed by atoms with Crippen molar-refractivity contribution in [1.29, 1.82) is 0 Å². The number of piperidine rings is 1. The number of anilines is 1. The van der Waals surface area contributed by atoms with E-state index in [9.17, 15) is 4.79 Å². The molecule has 5 nitrogen and oxygen atoms in total. The Kier molecular flexibility index (Phi) is 5.64. The second-order valence-corrected chi connectivity index (χ2v) is 6.84. The number of nitrogens with zero attached hydrogens (tertiary/aromatic N) is 3. The van der Waals surface area contributed by atoms with Crippen molar-refractivity contribution in [3.05, 3.63) is 53.3 Å². The topological polar surface area (TPSA) is 58.1 Å². The molecule has 0 spiro atoms. The number of amides is 1. The van der Waals surface area contributed by atoms with Gasteiger partial charge in [-0.15, -0.1) is 0 Å². The first-order valence-corrected chi connectivity index (χ1v) is 8.98. The van der Waals surface area contributed by atoms with E-state index in [1.54, 1.807) is 0 Å². The van der Waals surface area contributed by atoms with Crippen LogP contribution in [0.25, 0.3) is 0 Å². The van der Waals surface area contributed by atoms with E-state index >= 15 is 0 Å². The molecule has 0 bridgehead atoms. The van der Waals surface area contributed by atoms with Gasteiger partial charge >= 0.3 is 0 Å². The summed E-state index contributed by atoms with van der Waals surface area (Å²) in [7, 11) is 0. The fourth-order valence-corrected chi connectivity index (χ4v) is 3.41. The first-order chi connectivity index (χ1) is 12.1. The Labute approximate surface area is 149 Å². The van der Waals surface area contributed by atoms with Crippen molar-refractivity contribution in [3.8, 4) is 0 Å². The summed E-state index contributed by atoms with van der Waals surface area (Å²) in [6, 6.07) is 12.5. The molecule has 1 amide bonds. The number of hydrogen-bond acceptors (Lipinski definition) is 4. The molecule has 132 valence electrons. The van der Waals surface area contributed by atoms with Crippen molar-refractivity contribution in [2.24, 2.45) is 5.92 Å². The van der Waals surface area contributed by atoms with E-state index in [0.29, 0.717) is 11.9 Å². The number of aromatic nitrogens is 2. The molecule has 1 N–H and O–H groups in total. The van der Waals surface area contributed by atoms with Gasteiger partial charge in [0.1, 0.15) is 0 Å². The fraction of sp³-hybridized carbons (Fsp3) is 0.450. The van der Waals surface area contributed by atoms with E-state index in [1.165, 1.54) is 5.56 Å². The van der Waals surface area contributed by atoms with Crippen molar-refractivity contribution in [1.82, 2.24) is 14.9 Å². The van der Waals surface area contributed by atoms with E-state index in [-0.39, 0.29) is 12.5 Å². The maximum atomic E-state index is 12.4. The first kappa shape index (κ1) is 17.4. The molecule has 3 rings (SSSR count). The van der Waals surface area contributed by atoms with Crippen LogP contribution < -0.4 is 5.32 Å². The van der Waals surface area contributed by atoms with Gasteiger partial charge < -0.3 is 10.2 Å². The van der Waals surface area contributed by atoms with Gasteiger partial charge in [-0.3, -0.25) is 4.79 Å². The molecular weight excluding hydrogens is 312 g/mol. The third-order valence-electron chi connectivity index (χ3n) is 4.71. The van der Waals surface area contributed by atoms with Gasteiger partial charge in [0.15, 0.2) is 0 Å². The second-order valence-electron chi connectivity index (χ2n) is 6.84. The van der Waals surface area contributed by atoms with Gasteiger partial charge in [0.05, 0.1) is 6.54 Å². The molecule has 25 heavy (non-hydrogen) atoms. The van der Waals surface area contributed by atoms with Gasteiger partial charge in [0.25, 0.3) is 0 Å². The van der Waals surface area contributed by atoms with Crippen molar-refractivity contribution in [2.45, 2.75) is 33.1 Å². The summed E-state index contributed by atoms with van der Waals surface area (Å²) in [5, 5.41) is 3.06. The summed E-state index contributed by atoms with van der Waals surface area (Å²) in [5.41, 5.74) is 3.20. The molecule has 2 aromatic rings. The summed E-state index contributed by atoms with van der Waals surface area (Å²) < 4.78 is 0. The van der Waals surface area contributed by atoms with Gasteiger partial charge in [0, 0.05) is 24.5 Å². The van der Waals surface area contributed by atoms with Crippen LogP contribution in [0.15, 0.2) is 36.4 Å². The van der Waals surface area contributed by atoms with Crippen LogP contribution >= 0.6 is 0 Å². The normalized spacial score (nSPS) is 15.2. The van der Waals surface area contributed by atoms with Crippen molar-refractivity contribution < 1.29 is 4.79 Å². The lowest BCUT2D eigenvalue weighted by Crippen LogP contribution is -2.41. The number of carbonyl (C=O) groups is 1. The van der Waals surface area contributed by atoms with Crippen LogP contribution in [-0.4, -0.2) is 40.4 Å². The zero-order valence-electron chi connectivity index (χ0n) is 15.0. The van der Waals surface area contributed by atoms with Crippen molar-refractivity contribution >= 4 is 11.9 Å². The monoisotopic (exact) mass is 338 g/mol. The van der Waals surface area contributed by atoms with Gasteiger partial charge in [-0.25, -0.2) is 9.97 Å². The zero-order valence-corrected chi connectivity index (χ0v) is 15.0. The highest BCUT2D eigenvalue weighted by molar-refractivity contribution is 5.80. The molecule has 1 aliphatic heterocycles. The quantitative estimate of drug-likeness (QED) is 0.910. The first-order valence-electron chi connectivity index (χ1n) is 8.98. The lowest BCUT2D eigenvalue weighted by molar-refractivity contribution is -0.130. The van der Waals surface area contributed by atoms with E-state index in [2.05, 4.69) is 45.6 Å². The molecule has 0 saturated carbocycles. The number of nitrogens with one attached hydrogen (secondary N) is 1. The Hall–Kier alpha value is -2.43. The van der Waals surface area contributed by atoms with E-state index in [0.717, 1.165) is 43.7 Å². The fourth-order valence-electron chi connectivity index (χ4n) is 3.41. The minimum absolute atomic E-state index is 0.126.